The van der Waals surface area contributed by atoms with Crippen molar-refractivity contribution >= 4 is 39.9 Å². The minimum absolute atomic E-state index is 0.0183. The number of nitrogens with zero attached hydrogens (tertiary/aromatic N) is 3. The Morgan fingerprint density at radius 1 is 1.12 bits per heavy atom. The molecule has 0 saturated heterocycles. The van der Waals surface area contributed by atoms with E-state index < -0.39 is 5.25 Å². The number of nitrogens with one attached hydrogen (secondary N) is 1. The number of fused-ring (bicyclic) bond motifs is 1. The Bertz CT molecular complexity index is 1420. The lowest BCUT2D eigenvalue weighted by Gasteiger charge is -2.17. The molecule has 33 heavy (non-hydrogen) atoms. The van der Waals surface area contributed by atoms with Gasteiger partial charge < -0.3 is 15.5 Å². The lowest BCUT2D eigenvalue weighted by Crippen LogP contribution is -2.25. The summed E-state index contributed by atoms with van der Waals surface area (Å²) >= 11 is 1.14. The van der Waals surface area contributed by atoms with Crippen molar-refractivity contribution in [1.29, 1.82) is 10.5 Å². The van der Waals surface area contributed by atoms with E-state index in [2.05, 4.69) is 16.4 Å². The normalized spacial score (nSPS) is 11.5. The Morgan fingerprint density at radius 2 is 1.88 bits per heavy atom. The molecule has 4 rings (SSSR count). The highest BCUT2D eigenvalue weighted by Crippen LogP contribution is 2.37. The SMILES string of the molecule is CCC(Sc1nc(N)c(C#N)c(-c2ccco2)c1C#N)C(=O)Nc1ccc2ccccc2c1. The molecule has 1 amide bonds. The Labute approximate surface area is 194 Å². The van der Waals surface area contributed by atoms with Gasteiger partial charge in [0, 0.05) is 5.69 Å². The summed E-state index contributed by atoms with van der Waals surface area (Å²) in [6.45, 7) is 1.88. The molecule has 1 atom stereocenters. The van der Waals surface area contributed by atoms with Crippen LogP contribution in [0.1, 0.15) is 24.5 Å². The largest absolute Gasteiger partial charge is 0.464 e. The predicted octanol–water partition coefficient (Wildman–Crippen LogP) is 5.33. The maximum absolute atomic E-state index is 13.1. The van der Waals surface area contributed by atoms with Gasteiger partial charge in [-0.25, -0.2) is 4.98 Å². The highest BCUT2D eigenvalue weighted by atomic mass is 32.2. The van der Waals surface area contributed by atoms with Crippen molar-refractivity contribution in [2.75, 3.05) is 11.1 Å². The molecule has 2 heterocycles. The molecule has 0 aliphatic heterocycles. The number of nitrogens with two attached hydrogens (primary N) is 1. The number of anilines is 2. The molecular formula is C25H19N5O2S. The first-order chi connectivity index (χ1) is 16.0. The second kappa shape index (κ2) is 9.47. The first-order valence-electron chi connectivity index (χ1n) is 10.2. The minimum Gasteiger partial charge on any atom is -0.464 e. The van der Waals surface area contributed by atoms with E-state index >= 15 is 0 Å². The Kier molecular flexibility index (Phi) is 6.30. The molecule has 0 saturated carbocycles. The van der Waals surface area contributed by atoms with Crippen molar-refractivity contribution < 1.29 is 9.21 Å². The van der Waals surface area contributed by atoms with Gasteiger partial charge in [-0.1, -0.05) is 49.0 Å². The second-order valence-corrected chi connectivity index (χ2v) is 8.39. The van der Waals surface area contributed by atoms with Gasteiger partial charge in [-0.3, -0.25) is 4.79 Å². The number of rotatable bonds is 6. The number of benzene rings is 2. The summed E-state index contributed by atoms with van der Waals surface area (Å²) in [5.41, 5.74) is 7.22. The Hall–Kier alpha value is -4.27. The van der Waals surface area contributed by atoms with E-state index in [0.717, 1.165) is 22.5 Å². The zero-order chi connectivity index (χ0) is 23.4. The molecule has 8 heteroatoms. The zero-order valence-electron chi connectivity index (χ0n) is 17.7. The summed E-state index contributed by atoms with van der Waals surface area (Å²) < 4.78 is 5.43. The second-order valence-electron chi connectivity index (χ2n) is 7.19. The van der Waals surface area contributed by atoms with Crippen molar-refractivity contribution in [3.63, 3.8) is 0 Å². The average molecular weight is 454 g/mol. The maximum Gasteiger partial charge on any atom is 0.237 e. The topological polar surface area (TPSA) is 129 Å². The molecule has 0 fully saturated rings. The number of amides is 1. The standard InChI is InChI=1S/C25H19N5O2S/c1-2-21(24(31)29-17-10-9-15-6-3-4-7-16(15)12-17)33-25-19(14-27)22(20-8-5-11-32-20)18(13-26)23(28)30-25/h3-12,21H,2H2,1H3,(H2,28,30)(H,29,31). The van der Waals surface area contributed by atoms with Gasteiger partial charge in [0.25, 0.3) is 0 Å². The van der Waals surface area contributed by atoms with Crippen LogP contribution in [0.3, 0.4) is 0 Å². The number of aromatic nitrogens is 1. The molecule has 3 N–H and O–H groups in total. The molecular weight excluding hydrogens is 434 g/mol. The molecule has 2 aromatic heterocycles. The molecule has 1 unspecified atom stereocenters. The summed E-state index contributed by atoms with van der Waals surface area (Å²) in [6.07, 6.45) is 1.94. The summed E-state index contributed by atoms with van der Waals surface area (Å²) in [6, 6.07) is 21.0. The molecule has 162 valence electrons. The fourth-order valence-corrected chi connectivity index (χ4v) is 4.52. The first kappa shape index (κ1) is 21.9. The Balaban J connectivity index is 1.65. The lowest BCUT2D eigenvalue weighted by atomic mass is 10.0. The molecule has 0 aliphatic carbocycles. The fraction of sp³-hybridized carbons (Fsp3) is 0.120. The number of pyridine rings is 1. The molecule has 4 aromatic rings. The van der Waals surface area contributed by atoms with Crippen molar-refractivity contribution in [2.45, 2.75) is 23.6 Å². The van der Waals surface area contributed by atoms with Gasteiger partial charge in [-0.05, 0) is 41.5 Å². The van der Waals surface area contributed by atoms with Crippen molar-refractivity contribution in [3.8, 4) is 23.5 Å². The maximum atomic E-state index is 13.1. The predicted molar refractivity (Wildman–Crippen MR) is 128 cm³/mol. The van der Waals surface area contributed by atoms with Crippen LogP contribution >= 0.6 is 11.8 Å². The number of carbonyl (C=O) groups excluding carboxylic acids is 1. The quantitative estimate of drug-likeness (QED) is 0.377. The van der Waals surface area contributed by atoms with Gasteiger partial charge in [0.15, 0.2) is 0 Å². The Morgan fingerprint density at radius 3 is 2.55 bits per heavy atom. The first-order valence-corrected chi connectivity index (χ1v) is 11.1. The average Bonchev–Trinajstić information content (AvgIpc) is 3.36. The van der Waals surface area contributed by atoms with Crippen LogP contribution in [-0.4, -0.2) is 16.1 Å². The summed E-state index contributed by atoms with van der Waals surface area (Å²) in [5, 5.41) is 24.2. The van der Waals surface area contributed by atoms with Crippen LogP contribution in [0.25, 0.3) is 22.1 Å². The molecule has 7 nitrogen and oxygen atoms in total. The van der Waals surface area contributed by atoms with Gasteiger partial charge in [0.1, 0.15) is 34.3 Å². The monoisotopic (exact) mass is 453 g/mol. The third-order valence-corrected chi connectivity index (χ3v) is 6.47. The van der Waals surface area contributed by atoms with Crippen LogP contribution in [0.5, 0.6) is 0 Å². The molecule has 0 aliphatic rings. The number of nitrogen functional groups attached to an aromatic ring is 1. The number of carbonyl (C=O) groups is 1. The van der Waals surface area contributed by atoms with E-state index in [1.165, 1.54) is 6.26 Å². The third-order valence-electron chi connectivity index (χ3n) is 5.12. The van der Waals surface area contributed by atoms with E-state index in [-0.39, 0.29) is 33.4 Å². The van der Waals surface area contributed by atoms with Crippen LogP contribution in [-0.2, 0) is 4.79 Å². The molecule has 2 aromatic carbocycles. The van der Waals surface area contributed by atoms with E-state index in [9.17, 15) is 15.3 Å². The van der Waals surface area contributed by atoms with Crippen molar-refractivity contribution in [2.24, 2.45) is 0 Å². The summed E-state index contributed by atoms with van der Waals surface area (Å²) in [5.74, 6) is 0.105. The van der Waals surface area contributed by atoms with Crippen LogP contribution in [0.15, 0.2) is 70.3 Å². The number of furan rings is 1. The molecule has 0 radical (unpaired) electrons. The van der Waals surface area contributed by atoms with Crippen LogP contribution in [0, 0.1) is 22.7 Å². The van der Waals surface area contributed by atoms with E-state index in [1.54, 1.807) is 12.1 Å². The van der Waals surface area contributed by atoms with Gasteiger partial charge in [0.2, 0.25) is 5.91 Å². The molecule has 0 spiro atoms. The molecule has 0 bridgehead atoms. The number of nitriles is 2. The van der Waals surface area contributed by atoms with Crippen LogP contribution in [0.2, 0.25) is 0 Å². The van der Waals surface area contributed by atoms with Crippen LogP contribution in [0.4, 0.5) is 11.5 Å². The smallest absolute Gasteiger partial charge is 0.237 e. The highest BCUT2D eigenvalue weighted by molar-refractivity contribution is 8.00. The van der Waals surface area contributed by atoms with E-state index in [4.69, 9.17) is 10.2 Å². The van der Waals surface area contributed by atoms with Gasteiger partial charge in [-0.2, -0.15) is 10.5 Å². The number of hydrogen-bond acceptors (Lipinski definition) is 7. The van der Waals surface area contributed by atoms with Crippen molar-refractivity contribution in [1.82, 2.24) is 4.98 Å². The highest BCUT2D eigenvalue weighted by Gasteiger charge is 2.26. The fourth-order valence-electron chi connectivity index (χ4n) is 3.50. The number of thioether (sulfide) groups is 1. The zero-order valence-corrected chi connectivity index (χ0v) is 18.5. The van der Waals surface area contributed by atoms with Gasteiger partial charge >= 0.3 is 0 Å². The third kappa shape index (κ3) is 4.38. The summed E-state index contributed by atoms with van der Waals surface area (Å²) in [7, 11) is 0. The number of hydrogen-bond donors (Lipinski definition) is 2. The minimum atomic E-state index is -0.534. The van der Waals surface area contributed by atoms with Gasteiger partial charge in [-0.15, -0.1) is 0 Å². The van der Waals surface area contributed by atoms with Gasteiger partial charge in [0.05, 0.1) is 22.6 Å². The van der Waals surface area contributed by atoms with Crippen molar-refractivity contribution in [3.05, 3.63) is 72.0 Å². The van der Waals surface area contributed by atoms with E-state index in [0.29, 0.717) is 17.9 Å². The van der Waals surface area contributed by atoms with E-state index in [1.807, 2.05) is 55.5 Å². The van der Waals surface area contributed by atoms with Crippen LogP contribution < -0.4 is 11.1 Å². The lowest BCUT2D eigenvalue weighted by molar-refractivity contribution is -0.115. The summed E-state index contributed by atoms with van der Waals surface area (Å²) in [4.78, 5) is 17.3.